The van der Waals surface area contributed by atoms with Gasteiger partial charge in [0, 0.05) is 16.0 Å². The molecule has 1 aromatic carbocycles. The van der Waals surface area contributed by atoms with E-state index in [0.717, 1.165) is 26.4 Å². The van der Waals surface area contributed by atoms with Gasteiger partial charge in [0.1, 0.15) is 11.3 Å². The summed E-state index contributed by atoms with van der Waals surface area (Å²) in [6.07, 6.45) is 0. The lowest BCUT2D eigenvalue weighted by molar-refractivity contribution is 0.0926. The van der Waals surface area contributed by atoms with Crippen molar-refractivity contribution >= 4 is 28.0 Å². The molecule has 0 spiro atoms. The molecular formula is C17H15NO2S. The predicted octanol–water partition coefficient (Wildman–Crippen LogP) is 4.17. The highest BCUT2D eigenvalue weighted by Crippen LogP contribution is 2.24. The summed E-state index contributed by atoms with van der Waals surface area (Å²) in [6.45, 7) is 3.96. The molecule has 4 heteroatoms. The maximum Gasteiger partial charge on any atom is 0.210 e. The summed E-state index contributed by atoms with van der Waals surface area (Å²) in [5.41, 5.74) is 1.73. The largest absolute Gasteiger partial charge is 0.483 e. The Bertz CT molecular complexity index is 807. The number of carbonyl (C=O) groups is 1. The van der Waals surface area contributed by atoms with Crippen molar-refractivity contribution in [3.05, 3.63) is 57.9 Å². The number of Topliss-reactive ketones (excluding diaryl/α,β-unsaturated/α-hetero) is 1. The summed E-state index contributed by atoms with van der Waals surface area (Å²) in [5, 5.41) is 1.01. The molecule has 0 fully saturated rings. The number of aryl methyl sites for hydroxylation is 2. The lowest BCUT2D eigenvalue weighted by atomic mass is 10.2. The fourth-order valence-electron chi connectivity index (χ4n) is 2.13. The van der Waals surface area contributed by atoms with Crippen LogP contribution in [-0.4, -0.2) is 17.4 Å². The summed E-state index contributed by atoms with van der Waals surface area (Å²) in [6, 6.07) is 13.5. The van der Waals surface area contributed by atoms with Gasteiger partial charge in [0.05, 0.1) is 4.88 Å². The minimum absolute atomic E-state index is 0.00208. The van der Waals surface area contributed by atoms with Gasteiger partial charge in [-0.25, -0.2) is 4.98 Å². The second kappa shape index (κ2) is 5.66. The Morgan fingerprint density at radius 1 is 1.14 bits per heavy atom. The van der Waals surface area contributed by atoms with Crippen LogP contribution in [0.1, 0.15) is 20.2 Å². The standard InChI is InChI=1S/C17H15NO2S/c1-11-6-8-13-4-3-5-15(17(13)18-11)20-10-14(19)16-9-7-12(2)21-16/h3-9H,10H2,1-2H3. The molecule has 0 unspecified atom stereocenters. The molecule has 0 aliphatic rings. The summed E-state index contributed by atoms with van der Waals surface area (Å²) in [4.78, 5) is 18.5. The summed E-state index contributed by atoms with van der Waals surface area (Å²) in [7, 11) is 0. The smallest absolute Gasteiger partial charge is 0.210 e. The summed E-state index contributed by atoms with van der Waals surface area (Å²) < 4.78 is 5.69. The maximum atomic E-state index is 12.1. The monoisotopic (exact) mass is 297 g/mol. The number of rotatable bonds is 4. The van der Waals surface area contributed by atoms with E-state index in [0.29, 0.717) is 5.75 Å². The van der Waals surface area contributed by atoms with E-state index in [4.69, 9.17) is 4.74 Å². The zero-order valence-corrected chi connectivity index (χ0v) is 12.7. The van der Waals surface area contributed by atoms with Crippen molar-refractivity contribution in [3.8, 4) is 5.75 Å². The molecule has 0 atom stereocenters. The molecule has 21 heavy (non-hydrogen) atoms. The Morgan fingerprint density at radius 3 is 2.76 bits per heavy atom. The Morgan fingerprint density at radius 2 is 2.00 bits per heavy atom. The second-order valence-corrected chi connectivity index (χ2v) is 6.19. The molecule has 0 saturated heterocycles. The number of nitrogens with zero attached hydrogens (tertiary/aromatic N) is 1. The Kier molecular flexibility index (Phi) is 3.71. The van der Waals surface area contributed by atoms with Crippen molar-refractivity contribution in [3.63, 3.8) is 0 Å². The normalized spacial score (nSPS) is 10.8. The molecule has 3 aromatic rings. The maximum absolute atomic E-state index is 12.1. The van der Waals surface area contributed by atoms with Crippen molar-refractivity contribution in [2.75, 3.05) is 6.61 Å². The van der Waals surface area contributed by atoms with Crippen molar-refractivity contribution in [2.24, 2.45) is 0 Å². The summed E-state index contributed by atoms with van der Waals surface area (Å²) in [5.74, 6) is 0.649. The first kappa shape index (κ1) is 13.8. The van der Waals surface area contributed by atoms with Crippen molar-refractivity contribution in [1.82, 2.24) is 4.98 Å². The molecule has 3 nitrogen and oxygen atoms in total. The lowest BCUT2D eigenvalue weighted by Crippen LogP contribution is -2.10. The third-order valence-electron chi connectivity index (χ3n) is 3.20. The molecular weight excluding hydrogens is 282 g/mol. The molecule has 0 radical (unpaired) electrons. The number of benzene rings is 1. The molecule has 0 aliphatic carbocycles. The van der Waals surface area contributed by atoms with Crippen LogP contribution < -0.4 is 4.74 Å². The first-order valence-electron chi connectivity index (χ1n) is 6.72. The van der Waals surface area contributed by atoms with Crippen molar-refractivity contribution < 1.29 is 9.53 Å². The number of ketones is 1. The van der Waals surface area contributed by atoms with Crippen LogP contribution in [0, 0.1) is 13.8 Å². The second-order valence-electron chi connectivity index (χ2n) is 4.90. The number of para-hydroxylation sites is 1. The molecule has 0 amide bonds. The van der Waals surface area contributed by atoms with Crippen LogP contribution in [0.15, 0.2) is 42.5 Å². The first-order chi connectivity index (χ1) is 10.1. The van der Waals surface area contributed by atoms with Gasteiger partial charge in [0.25, 0.3) is 0 Å². The highest BCUT2D eigenvalue weighted by molar-refractivity contribution is 7.14. The van der Waals surface area contributed by atoms with E-state index in [1.54, 1.807) is 0 Å². The predicted molar refractivity (Wildman–Crippen MR) is 85.4 cm³/mol. The van der Waals surface area contributed by atoms with Crippen LogP contribution in [0.2, 0.25) is 0 Å². The average molecular weight is 297 g/mol. The topological polar surface area (TPSA) is 39.2 Å². The van der Waals surface area contributed by atoms with E-state index in [9.17, 15) is 4.79 Å². The zero-order valence-electron chi connectivity index (χ0n) is 11.9. The van der Waals surface area contributed by atoms with Crippen LogP contribution in [0.4, 0.5) is 0 Å². The van der Waals surface area contributed by atoms with Gasteiger partial charge in [-0.05, 0) is 38.1 Å². The van der Waals surface area contributed by atoms with Gasteiger partial charge in [-0.3, -0.25) is 4.79 Å². The fourth-order valence-corrected chi connectivity index (χ4v) is 2.92. The average Bonchev–Trinajstić information content (AvgIpc) is 2.91. The zero-order chi connectivity index (χ0) is 14.8. The molecule has 0 aliphatic heterocycles. The number of hydrogen-bond acceptors (Lipinski definition) is 4. The van der Waals surface area contributed by atoms with E-state index in [1.165, 1.54) is 11.3 Å². The molecule has 0 bridgehead atoms. The molecule has 0 saturated carbocycles. The molecule has 2 heterocycles. The van der Waals surface area contributed by atoms with Crippen molar-refractivity contribution in [1.29, 1.82) is 0 Å². The van der Waals surface area contributed by atoms with Gasteiger partial charge >= 0.3 is 0 Å². The quantitative estimate of drug-likeness (QED) is 0.678. The summed E-state index contributed by atoms with van der Waals surface area (Å²) >= 11 is 1.49. The van der Waals surface area contributed by atoms with Gasteiger partial charge in [-0.2, -0.15) is 0 Å². The molecule has 2 aromatic heterocycles. The van der Waals surface area contributed by atoms with E-state index in [1.807, 2.05) is 56.3 Å². The lowest BCUT2D eigenvalue weighted by Gasteiger charge is -2.08. The van der Waals surface area contributed by atoms with Crippen LogP contribution in [0.5, 0.6) is 5.75 Å². The number of thiophene rings is 1. The minimum atomic E-state index is -0.00208. The fraction of sp³-hybridized carbons (Fsp3) is 0.176. The Balaban J connectivity index is 1.82. The molecule has 3 rings (SSSR count). The van der Waals surface area contributed by atoms with Gasteiger partial charge in [-0.15, -0.1) is 11.3 Å². The highest BCUT2D eigenvalue weighted by atomic mass is 32.1. The van der Waals surface area contributed by atoms with E-state index >= 15 is 0 Å². The number of carbonyl (C=O) groups excluding carboxylic acids is 1. The first-order valence-corrected chi connectivity index (χ1v) is 7.54. The van der Waals surface area contributed by atoms with Gasteiger partial charge in [0.2, 0.25) is 5.78 Å². The third kappa shape index (κ3) is 2.95. The van der Waals surface area contributed by atoms with Crippen LogP contribution in [0.3, 0.4) is 0 Å². The highest BCUT2D eigenvalue weighted by Gasteiger charge is 2.11. The Hall–Kier alpha value is -2.20. The van der Waals surface area contributed by atoms with Crippen LogP contribution in [0.25, 0.3) is 10.9 Å². The van der Waals surface area contributed by atoms with E-state index in [-0.39, 0.29) is 12.4 Å². The molecule has 0 N–H and O–H groups in total. The number of ether oxygens (including phenoxy) is 1. The number of hydrogen-bond donors (Lipinski definition) is 0. The number of aromatic nitrogens is 1. The van der Waals surface area contributed by atoms with Crippen LogP contribution >= 0.6 is 11.3 Å². The van der Waals surface area contributed by atoms with Gasteiger partial charge < -0.3 is 4.74 Å². The molecule has 106 valence electrons. The van der Waals surface area contributed by atoms with Gasteiger partial charge in [0.15, 0.2) is 6.61 Å². The van der Waals surface area contributed by atoms with Crippen LogP contribution in [-0.2, 0) is 0 Å². The number of fused-ring (bicyclic) bond motifs is 1. The third-order valence-corrected chi connectivity index (χ3v) is 4.24. The van der Waals surface area contributed by atoms with E-state index < -0.39 is 0 Å². The van der Waals surface area contributed by atoms with Crippen molar-refractivity contribution in [2.45, 2.75) is 13.8 Å². The van der Waals surface area contributed by atoms with E-state index in [2.05, 4.69) is 4.98 Å². The Labute approximate surface area is 127 Å². The SMILES string of the molecule is Cc1ccc2cccc(OCC(=O)c3ccc(C)s3)c2n1. The number of pyridine rings is 1. The van der Waals surface area contributed by atoms with Gasteiger partial charge in [-0.1, -0.05) is 18.2 Å². The minimum Gasteiger partial charge on any atom is -0.483 e.